The van der Waals surface area contributed by atoms with E-state index in [4.69, 9.17) is 5.73 Å². The lowest BCUT2D eigenvalue weighted by molar-refractivity contribution is -0.127. The molecule has 0 atom stereocenters. The number of amides is 2. The zero-order valence-corrected chi connectivity index (χ0v) is 18.2. The maximum absolute atomic E-state index is 12.5. The highest BCUT2D eigenvalue weighted by Gasteiger charge is 2.21. The second kappa shape index (κ2) is 8.61. The Morgan fingerprint density at radius 2 is 2.17 bits per heavy atom. The Hall–Kier alpha value is -2.65. The molecular weight excluding hydrogens is 420 g/mol. The lowest BCUT2D eigenvalue weighted by atomic mass is 10.1. The summed E-state index contributed by atoms with van der Waals surface area (Å²) in [6.45, 7) is 0.391. The van der Waals surface area contributed by atoms with Crippen LogP contribution in [0.3, 0.4) is 0 Å². The van der Waals surface area contributed by atoms with Crippen LogP contribution in [-0.2, 0) is 29.9 Å². The van der Waals surface area contributed by atoms with Crippen LogP contribution in [0.2, 0.25) is 0 Å². The Kier molecular flexibility index (Phi) is 5.92. The van der Waals surface area contributed by atoms with Crippen molar-refractivity contribution in [3.63, 3.8) is 0 Å². The van der Waals surface area contributed by atoms with Gasteiger partial charge in [-0.2, -0.15) is 0 Å². The number of primary amides is 1. The van der Waals surface area contributed by atoms with Crippen molar-refractivity contribution in [2.45, 2.75) is 31.6 Å². The highest BCUT2D eigenvalue weighted by Crippen LogP contribution is 2.34. The Balaban J connectivity index is 1.35. The number of nitrogens with one attached hydrogen (secondary N) is 1. The molecule has 7 nitrogen and oxygen atoms in total. The van der Waals surface area contributed by atoms with Crippen LogP contribution in [0, 0.1) is 0 Å². The first-order valence-corrected chi connectivity index (χ1v) is 11.6. The van der Waals surface area contributed by atoms with E-state index in [1.165, 1.54) is 22.2 Å². The van der Waals surface area contributed by atoms with E-state index < -0.39 is 5.91 Å². The molecule has 3 N–H and O–H groups in total. The second-order valence-electron chi connectivity index (χ2n) is 7.36. The summed E-state index contributed by atoms with van der Waals surface area (Å²) in [5.74, 6) is 0.806. The number of thiophene rings is 1. The van der Waals surface area contributed by atoms with Crippen LogP contribution in [0.15, 0.2) is 29.1 Å². The number of carbonyl (C=O) groups is 2. The van der Waals surface area contributed by atoms with Gasteiger partial charge in [0.15, 0.2) is 0 Å². The first-order chi connectivity index (χ1) is 14.4. The highest BCUT2D eigenvalue weighted by molar-refractivity contribution is 7.99. The number of aryl methyl sites for hydroxylation is 2. The summed E-state index contributed by atoms with van der Waals surface area (Å²) in [7, 11) is 1.72. The van der Waals surface area contributed by atoms with Crippen LogP contribution in [0.25, 0.3) is 10.2 Å². The molecule has 1 aliphatic rings. The van der Waals surface area contributed by atoms with Crippen LogP contribution in [-0.4, -0.2) is 39.5 Å². The lowest BCUT2D eigenvalue weighted by Crippen LogP contribution is -2.28. The van der Waals surface area contributed by atoms with Gasteiger partial charge in [-0.25, -0.2) is 4.98 Å². The predicted octanol–water partition coefficient (Wildman–Crippen LogP) is 2.46. The molecule has 3 aromatic rings. The summed E-state index contributed by atoms with van der Waals surface area (Å²) >= 11 is 3.03. The number of hydrogen-bond donors (Lipinski definition) is 2. The fraction of sp³-hybridized carbons (Fsp3) is 0.333. The molecule has 0 saturated heterocycles. The number of aromatic nitrogens is 2. The smallest absolute Gasteiger partial charge is 0.259 e. The van der Waals surface area contributed by atoms with Crippen molar-refractivity contribution >= 4 is 45.1 Å². The zero-order valence-electron chi connectivity index (χ0n) is 16.6. The number of nitrogens with zero attached hydrogens (tertiary/aromatic N) is 2. The number of rotatable bonds is 7. The van der Waals surface area contributed by atoms with Crippen molar-refractivity contribution in [2.24, 2.45) is 5.73 Å². The monoisotopic (exact) mass is 442 g/mol. The molecule has 2 aromatic heterocycles. The molecule has 0 aliphatic heterocycles. The average molecular weight is 443 g/mol. The van der Waals surface area contributed by atoms with Gasteiger partial charge in [-0.1, -0.05) is 12.1 Å². The fourth-order valence-corrected chi connectivity index (χ4v) is 5.75. The minimum atomic E-state index is -0.490. The molecule has 0 fully saturated rings. The van der Waals surface area contributed by atoms with Crippen LogP contribution in [0.1, 0.15) is 38.6 Å². The highest BCUT2D eigenvalue weighted by atomic mass is 32.2. The average Bonchev–Trinajstić information content (AvgIpc) is 3.28. The van der Waals surface area contributed by atoms with E-state index in [1.807, 2.05) is 6.07 Å². The molecule has 30 heavy (non-hydrogen) atoms. The Labute approximate surface area is 181 Å². The molecule has 0 bridgehead atoms. The summed E-state index contributed by atoms with van der Waals surface area (Å²) in [6, 6.07) is 6.95. The Morgan fingerprint density at radius 1 is 1.33 bits per heavy atom. The summed E-state index contributed by atoms with van der Waals surface area (Å²) in [4.78, 5) is 47.4. The number of fused-ring (bicyclic) bond motifs is 3. The van der Waals surface area contributed by atoms with Gasteiger partial charge in [-0.15, -0.1) is 23.1 Å². The number of nitrogens with two attached hydrogens (primary N) is 1. The number of aromatic amines is 1. The third kappa shape index (κ3) is 4.27. The second-order valence-corrected chi connectivity index (χ2v) is 9.43. The molecule has 1 aromatic carbocycles. The third-order valence-electron chi connectivity index (χ3n) is 5.15. The molecule has 156 valence electrons. The van der Waals surface area contributed by atoms with Crippen LogP contribution in [0.4, 0.5) is 0 Å². The van der Waals surface area contributed by atoms with E-state index in [0.29, 0.717) is 23.7 Å². The number of carbonyl (C=O) groups excluding carboxylic acids is 2. The fourth-order valence-electron chi connectivity index (χ4n) is 3.65. The molecule has 0 unspecified atom stereocenters. The van der Waals surface area contributed by atoms with E-state index in [2.05, 4.69) is 9.97 Å². The van der Waals surface area contributed by atoms with Gasteiger partial charge in [0.05, 0.1) is 16.9 Å². The minimum absolute atomic E-state index is 0.0389. The molecule has 9 heteroatoms. The van der Waals surface area contributed by atoms with Crippen molar-refractivity contribution in [1.82, 2.24) is 14.9 Å². The molecule has 0 radical (unpaired) electrons. The van der Waals surface area contributed by atoms with Gasteiger partial charge in [0.2, 0.25) is 11.8 Å². The predicted molar refractivity (Wildman–Crippen MR) is 120 cm³/mol. The molecular formula is C21H22N4O3S2. The van der Waals surface area contributed by atoms with Crippen molar-refractivity contribution in [3.8, 4) is 0 Å². The van der Waals surface area contributed by atoms with Crippen molar-refractivity contribution in [3.05, 3.63) is 62.0 Å². The topological polar surface area (TPSA) is 109 Å². The SMILES string of the molecule is CN(Cc1cccc(C(N)=O)c1)C(=O)CSCc1nc2sc3c(c2c(=O)[nH]1)CCC3. The van der Waals surface area contributed by atoms with Gasteiger partial charge in [-0.05, 0) is 42.5 Å². The van der Waals surface area contributed by atoms with Crippen molar-refractivity contribution < 1.29 is 9.59 Å². The van der Waals surface area contributed by atoms with Crippen molar-refractivity contribution in [1.29, 1.82) is 0 Å². The number of benzene rings is 1. The molecule has 4 rings (SSSR count). The van der Waals surface area contributed by atoms with E-state index in [-0.39, 0.29) is 17.2 Å². The first-order valence-electron chi connectivity index (χ1n) is 9.66. The number of thioether (sulfide) groups is 1. The van der Waals surface area contributed by atoms with E-state index in [1.54, 1.807) is 41.5 Å². The first kappa shape index (κ1) is 20.6. The third-order valence-corrected chi connectivity index (χ3v) is 7.26. The van der Waals surface area contributed by atoms with Crippen LogP contribution < -0.4 is 11.3 Å². The minimum Gasteiger partial charge on any atom is -0.366 e. The summed E-state index contributed by atoms with van der Waals surface area (Å²) < 4.78 is 0. The van der Waals surface area contributed by atoms with E-state index in [0.717, 1.165) is 35.0 Å². The summed E-state index contributed by atoms with van der Waals surface area (Å²) in [5, 5.41) is 0.746. The van der Waals surface area contributed by atoms with Crippen molar-refractivity contribution in [2.75, 3.05) is 12.8 Å². The Morgan fingerprint density at radius 3 is 2.97 bits per heavy atom. The normalized spacial score (nSPS) is 12.8. The quantitative estimate of drug-likeness (QED) is 0.584. The lowest BCUT2D eigenvalue weighted by Gasteiger charge is -2.17. The summed E-state index contributed by atoms with van der Waals surface area (Å²) in [6.07, 6.45) is 3.09. The van der Waals surface area contributed by atoms with Gasteiger partial charge in [0, 0.05) is 24.0 Å². The van der Waals surface area contributed by atoms with Crippen LogP contribution in [0.5, 0.6) is 0 Å². The van der Waals surface area contributed by atoms with E-state index >= 15 is 0 Å². The number of H-pyrrole nitrogens is 1. The van der Waals surface area contributed by atoms with Gasteiger partial charge in [-0.3, -0.25) is 14.4 Å². The van der Waals surface area contributed by atoms with Gasteiger partial charge in [0.25, 0.3) is 5.56 Å². The van der Waals surface area contributed by atoms with Crippen LogP contribution >= 0.6 is 23.1 Å². The van der Waals surface area contributed by atoms with Gasteiger partial charge < -0.3 is 15.6 Å². The summed E-state index contributed by atoms with van der Waals surface area (Å²) in [5.41, 5.74) is 7.66. The van der Waals surface area contributed by atoms with Gasteiger partial charge >= 0.3 is 0 Å². The maximum Gasteiger partial charge on any atom is 0.259 e. The molecule has 2 amide bonds. The zero-order chi connectivity index (χ0) is 21.3. The number of hydrogen-bond acceptors (Lipinski definition) is 6. The maximum atomic E-state index is 12.5. The molecule has 0 spiro atoms. The molecule has 1 aliphatic carbocycles. The molecule has 2 heterocycles. The largest absolute Gasteiger partial charge is 0.366 e. The van der Waals surface area contributed by atoms with Gasteiger partial charge in [0.1, 0.15) is 10.7 Å². The van der Waals surface area contributed by atoms with E-state index in [9.17, 15) is 14.4 Å². The molecule has 0 saturated carbocycles. The standard InChI is InChI=1S/C21H22N4O3S2/c1-25(9-12-4-2-5-13(8-12)19(22)27)17(26)11-29-10-16-23-20(28)18-14-6-3-7-15(14)30-21(18)24-16/h2,4-5,8H,3,6-7,9-11H2,1H3,(H2,22,27)(H,23,24,28). The Bertz CT molecular complexity index is 1180.